The lowest BCUT2D eigenvalue weighted by molar-refractivity contribution is 0.0695. The number of hydrogen-bond donors (Lipinski definition) is 1. The van der Waals surface area contributed by atoms with Crippen LogP contribution in [0.2, 0.25) is 5.02 Å². The van der Waals surface area contributed by atoms with Gasteiger partial charge in [-0.2, -0.15) is 0 Å². The highest BCUT2D eigenvalue weighted by Gasteiger charge is 2.18. The fraction of sp³-hybridized carbons (Fsp3) is 0.158. The molecule has 1 heterocycles. The van der Waals surface area contributed by atoms with Gasteiger partial charge in [0, 0.05) is 13.2 Å². The predicted molar refractivity (Wildman–Crippen MR) is 98.5 cm³/mol. The van der Waals surface area contributed by atoms with E-state index in [0.29, 0.717) is 11.3 Å². The molecule has 1 aromatic heterocycles. The third-order valence-corrected chi connectivity index (χ3v) is 4.42. The number of nitrogens with zero attached hydrogens (tertiary/aromatic N) is 1. The minimum absolute atomic E-state index is 0.0970. The van der Waals surface area contributed by atoms with Gasteiger partial charge >= 0.3 is 5.97 Å². The number of fused-ring (bicyclic) bond motifs is 1. The molecule has 2 aromatic carbocycles. The van der Waals surface area contributed by atoms with E-state index in [4.69, 9.17) is 21.1 Å². The summed E-state index contributed by atoms with van der Waals surface area (Å²) in [6, 6.07) is 10.7. The first-order valence-electron chi connectivity index (χ1n) is 7.73. The van der Waals surface area contributed by atoms with Crippen molar-refractivity contribution in [2.75, 3.05) is 7.11 Å². The molecule has 0 atom stereocenters. The van der Waals surface area contributed by atoms with Crippen LogP contribution < -0.4 is 14.9 Å². The van der Waals surface area contributed by atoms with E-state index in [2.05, 4.69) is 0 Å². The molecule has 0 aliphatic rings. The molecule has 0 saturated heterocycles. The molecule has 7 heteroatoms. The van der Waals surface area contributed by atoms with Gasteiger partial charge < -0.3 is 19.1 Å². The molecule has 0 amide bonds. The van der Waals surface area contributed by atoms with Gasteiger partial charge in [-0.1, -0.05) is 23.7 Å². The number of pyridine rings is 1. The Kier molecular flexibility index (Phi) is 4.86. The summed E-state index contributed by atoms with van der Waals surface area (Å²) in [7, 11) is 3.24. The summed E-state index contributed by atoms with van der Waals surface area (Å²) in [4.78, 5) is 23.8. The summed E-state index contributed by atoms with van der Waals surface area (Å²) in [6.07, 6.45) is 1.28. The van der Waals surface area contributed by atoms with Gasteiger partial charge in [-0.25, -0.2) is 4.79 Å². The van der Waals surface area contributed by atoms with Gasteiger partial charge in [0.2, 0.25) is 5.43 Å². The Bertz CT molecular complexity index is 1040. The van der Waals surface area contributed by atoms with Crippen LogP contribution in [0, 0.1) is 0 Å². The van der Waals surface area contributed by atoms with E-state index >= 15 is 0 Å². The lowest BCUT2D eigenvalue weighted by Crippen LogP contribution is -2.18. The maximum atomic E-state index is 12.5. The molecule has 26 heavy (non-hydrogen) atoms. The Labute approximate surface area is 154 Å². The van der Waals surface area contributed by atoms with Crippen LogP contribution in [0.1, 0.15) is 15.9 Å². The van der Waals surface area contributed by atoms with E-state index in [1.165, 1.54) is 6.20 Å². The number of aromatic nitrogens is 1. The summed E-state index contributed by atoms with van der Waals surface area (Å²) >= 11 is 6.36. The molecule has 0 fully saturated rings. The second-order valence-electron chi connectivity index (χ2n) is 5.70. The fourth-order valence-corrected chi connectivity index (χ4v) is 2.96. The molecule has 0 spiro atoms. The van der Waals surface area contributed by atoms with Crippen molar-refractivity contribution in [2.24, 2.45) is 7.05 Å². The van der Waals surface area contributed by atoms with E-state index in [1.807, 2.05) is 24.3 Å². The number of methoxy groups -OCH3 is 1. The van der Waals surface area contributed by atoms with E-state index in [1.54, 1.807) is 30.9 Å². The molecule has 0 aliphatic heterocycles. The molecule has 0 aliphatic carbocycles. The number of ether oxygens (including phenoxy) is 2. The van der Waals surface area contributed by atoms with Crippen molar-refractivity contribution in [2.45, 2.75) is 6.61 Å². The van der Waals surface area contributed by atoms with Crippen molar-refractivity contribution in [1.82, 2.24) is 4.57 Å². The maximum Gasteiger partial charge on any atom is 0.341 e. The molecule has 0 radical (unpaired) electrons. The summed E-state index contributed by atoms with van der Waals surface area (Å²) in [5.41, 5.74) is 0.454. The number of halogens is 1. The number of hydrogen-bond acceptors (Lipinski definition) is 4. The van der Waals surface area contributed by atoms with Crippen molar-refractivity contribution >= 4 is 28.5 Å². The highest BCUT2D eigenvalue weighted by Crippen LogP contribution is 2.31. The number of benzene rings is 2. The lowest BCUT2D eigenvalue weighted by Gasteiger charge is -2.13. The molecule has 3 aromatic rings. The Hall–Kier alpha value is -2.99. The number of rotatable bonds is 5. The topological polar surface area (TPSA) is 77.8 Å². The van der Waals surface area contributed by atoms with Crippen LogP contribution in [0.25, 0.3) is 10.9 Å². The van der Waals surface area contributed by atoms with Crippen LogP contribution in [-0.2, 0) is 13.7 Å². The zero-order valence-corrected chi connectivity index (χ0v) is 14.9. The Morgan fingerprint density at radius 2 is 1.88 bits per heavy atom. The Morgan fingerprint density at radius 3 is 2.50 bits per heavy atom. The van der Waals surface area contributed by atoms with E-state index in [-0.39, 0.29) is 22.6 Å². The van der Waals surface area contributed by atoms with Crippen molar-refractivity contribution < 1.29 is 19.4 Å². The summed E-state index contributed by atoms with van der Waals surface area (Å²) in [5, 5.41) is 9.43. The molecule has 134 valence electrons. The van der Waals surface area contributed by atoms with Gasteiger partial charge in [0.15, 0.2) is 0 Å². The average molecular weight is 374 g/mol. The SMILES string of the molecule is COc1ccc(COc2ccc3c(c2Cl)c(=O)c(C(=O)O)cn3C)cc1. The smallest absolute Gasteiger partial charge is 0.341 e. The first-order valence-corrected chi connectivity index (χ1v) is 8.11. The second kappa shape index (κ2) is 7.09. The largest absolute Gasteiger partial charge is 0.497 e. The van der Waals surface area contributed by atoms with Crippen LogP contribution in [0.15, 0.2) is 47.4 Å². The lowest BCUT2D eigenvalue weighted by atomic mass is 10.1. The normalized spacial score (nSPS) is 10.7. The number of carboxylic acids is 1. The van der Waals surface area contributed by atoms with E-state index in [9.17, 15) is 14.7 Å². The Balaban J connectivity index is 1.99. The molecule has 6 nitrogen and oxygen atoms in total. The van der Waals surface area contributed by atoms with Crippen LogP contribution in [0.3, 0.4) is 0 Å². The van der Waals surface area contributed by atoms with Crippen LogP contribution >= 0.6 is 11.6 Å². The highest BCUT2D eigenvalue weighted by molar-refractivity contribution is 6.37. The summed E-state index contributed by atoms with van der Waals surface area (Å²) in [6.45, 7) is 0.244. The minimum Gasteiger partial charge on any atom is -0.497 e. The maximum absolute atomic E-state index is 12.5. The molecule has 0 bridgehead atoms. The predicted octanol–water partition coefficient (Wildman–Crippen LogP) is 3.48. The van der Waals surface area contributed by atoms with Gasteiger partial charge in [-0.15, -0.1) is 0 Å². The van der Waals surface area contributed by atoms with Crippen molar-refractivity contribution in [3.05, 3.63) is 69.0 Å². The van der Waals surface area contributed by atoms with Gasteiger partial charge in [-0.3, -0.25) is 4.79 Å². The van der Waals surface area contributed by atoms with Crippen LogP contribution in [0.4, 0.5) is 0 Å². The number of aromatic carboxylic acids is 1. The fourth-order valence-electron chi connectivity index (χ4n) is 2.66. The minimum atomic E-state index is -1.30. The number of carbonyl (C=O) groups is 1. The molecular weight excluding hydrogens is 358 g/mol. The molecule has 3 rings (SSSR count). The summed E-state index contributed by atoms with van der Waals surface area (Å²) in [5.74, 6) is -0.245. The summed E-state index contributed by atoms with van der Waals surface area (Å²) < 4.78 is 12.4. The number of carboxylic acid groups (broad SMARTS) is 1. The molecule has 0 saturated carbocycles. The third-order valence-electron chi connectivity index (χ3n) is 4.04. The van der Waals surface area contributed by atoms with Gasteiger partial charge in [0.1, 0.15) is 23.7 Å². The first kappa shape index (κ1) is 17.8. The standard InChI is InChI=1S/C19H16ClNO5/c1-21-9-13(19(23)24)18(22)16-14(21)7-8-15(17(16)20)26-10-11-3-5-12(25-2)6-4-11/h3-9H,10H2,1-2H3,(H,23,24). The average Bonchev–Trinajstić information content (AvgIpc) is 2.63. The zero-order valence-electron chi connectivity index (χ0n) is 14.2. The van der Waals surface area contributed by atoms with Gasteiger partial charge in [-0.05, 0) is 29.8 Å². The molecular formula is C19H16ClNO5. The van der Waals surface area contributed by atoms with Gasteiger partial charge in [0.05, 0.1) is 23.0 Å². The monoisotopic (exact) mass is 373 g/mol. The van der Waals surface area contributed by atoms with Gasteiger partial charge in [0.25, 0.3) is 0 Å². The highest BCUT2D eigenvalue weighted by atomic mass is 35.5. The third kappa shape index (κ3) is 3.23. The van der Waals surface area contributed by atoms with E-state index in [0.717, 1.165) is 11.3 Å². The van der Waals surface area contributed by atoms with Crippen molar-refractivity contribution in [1.29, 1.82) is 0 Å². The van der Waals surface area contributed by atoms with E-state index < -0.39 is 11.4 Å². The second-order valence-corrected chi connectivity index (χ2v) is 6.07. The first-order chi connectivity index (χ1) is 12.4. The van der Waals surface area contributed by atoms with Crippen LogP contribution in [-0.4, -0.2) is 22.8 Å². The molecule has 1 N–H and O–H groups in total. The Morgan fingerprint density at radius 1 is 1.19 bits per heavy atom. The van der Waals surface area contributed by atoms with Crippen LogP contribution in [0.5, 0.6) is 11.5 Å². The quantitative estimate of drug-likeness (QED) is 0.740. The molecule has 0 unspecified atom stereocenters. The van der Waals surface area contributed by atoms with Crippen molar-refractivity contribution in [3.63, 3.8) is 0 Å². The number of aryl methyl sites for hydroxylation is 1. The van der Waals surface area contributed by atoms with Crippen molar-refractivity contribution in [3.8, 4) is 11.5 Å². The zero-order chi connectivity index (χ0) is 18.8.